The van der Waals surface area contributed by atoms with E-state index in [4.69, 9.17) is 21.6 Å². The second-order valence-electron chi connectivity index (χ2n) is 5.73. The Morgan fingerprint density at radius 3 is 2.52 bits per heavy atom. The van der Waals surface area contributed by atoms with Gasteiger partial charge in [0.05, 0.1) is 17.7 Å². The number of amides is 1. The molecule has 0 aliphatic carbocycles. The van der Waals surface area contributed by atoms with E-state index in [-0.39, 0.29) is 18.6 Å². The molecule has 2 rings (SSSR count). The van der Waals surface area contributed by atoms with Gasteiger partial charge in [0, 0.05) is 11.6 Å². The van der Waals surface area contributed by atoms with Gasteiger partial charge < -0.3 is 15.0 Å². The van der Waals surface area contributed by atoms with E-state index in [1.54, 1.807) is 24.3 Å². The largest absolute Gasteiger partial charge is 0.484 e. The number of ether oxygens (including phenoxy) is 1. The molecule has 2 aromatic carbocycles. The highest BCUT2D eigenvalue weighted by molar-refractivity contribution is 6.31. The van der Waals surface area contributed by atoms with Crippen LogP contribution in [0, 0.1) is 11.3 Å². The molecule has 0 aliphatic heterocycles. The summed E-state index contributed by atoms with van der Waals surface area (Å²) in [6.07, 6.45) is 0. The summed E-state index contributed by atoms with van der Waals surface area (Å²) < 4.78 is 5.43. The first-order valence-corrected chi connectivity index (χ1v) is 8.19. The quantitative estimate of drug-likeness (QED) is 0.827. The molecule has 0 saturated carbocycles. The number of carbonyl (C=O) groups excluding carboxylic acids is 1. The third kappa shape index (κ3) is 5.49. The van der Waals surface area contributed by atoms with Crippen LogP contribution < -0.4 is 10.1 Å². The van der Waals surface area contributed by atoms with E-state index < -0.39 is 0 Å². The standard InChI is InChI=1S/C19H20ClN3O2/c1-23(2)18(16-5-3-4-6-17(16)20)12-22-19(24)13-25-15-9-7-14(11-21)8-10-15/h3-10,18H,12-13H2,1-2H3,(H,22,24)/t18-/m1/s1. The minimum absolute atomic E-state index is 0.0347. The van der Waals surface area contributed by atoms with Crippen LogP contribution in [0.3, 0.4) is 0 Å². The highest BCUT2D eigenvalue weighted by Gasteiger charge is 2.17. The SMILES string of the molecule is CN(C)[C@H](CNC(=O)COc1ccc(C#N)cc1)c1ccccc1Cl. The summed E-state index contributed by atoms with van der Waals surface area (Å²) in [5.41, 5.74) is 1.51. The summed E-state index contributed by atoms with van der Waals surface area (Å²) in [6, 6.07) is 16.2. The Bertz CT molecular complexity index is 754. The summed E-state index contributed by atoms with van der Waals surface area (Å²) in [4.78, 5) is 14.0. The van der Waals surface area contributed by atoms with Gasteiger partial charge in [-0.15, -0.1) is 0 Å². The zero-order valence-electron chi connectivity index (χ0n) is 14.2. The maximum absolute atomic E-state index is 12.0. The minimum Gasteiger partial charge on any atom is -0.484 e. The maximum atomic E-state index is 12.0. The number of benzene rings is 2. The monoisotopic (exact) mass is 357 g/mol. The van der Waals surface area contributed by atoms with Gasteiger partial charge >= 0.3 is 0 Å². The fourth-order valence-electron chi connectivity index (χ4n) is 2.35. The van der Waals surface area contributed by atoms with Crippen molar-refractivity contribution in [2.75, 3.05) is 27.2 Å². The molecule has 1 N–H and O–H groups in total. The molecule has 5 nitrogen and oxygen atoms in total. The maximum Gasteiger partial charge on any atom is 0.258 e. The molecule has 0 heterocycles. The Kier molecular flexibility index (Phi) is 6.81. The van der Waals surface area contributed by atoms with Crippen molar-refractivity contribution in [3.63, 3.8) is 0 Å². The van der Waals surface area contributed by atoms with Crippen molar-refractivity contribution < 1.29 is 9.53 Å². The van der Waals surface area contributed by atoms with Crippen molar-refractivity contribution in [1.29, 1.82) is 5.26 Å². The molecular formula is C19H20ClN3O2. The van der Waals surface area contributed by atoms with Gasteiger partial charge in [-0.2, -0.15) is 5.26 Å². The first kappa shape index (κ1) is 18.8. The minimum atomic E-state index is -0.219. The average Bonchev–Trinajstić information content (AvgIpc) is 2.61. The Balaban J connectivity index is 1.88. The van der Waals surface area contributed by atoms with Crippen LogP contribution in [0.15, 0.2) is 48.5 Å². The van der Waals surface area contributed by atoms with Crippen molar-refractivity contribution in [2.45, 2.75) is 6.04 Å². The lowest BCUT2D eigenvalue weighted by Crippen LogP contribution is -2.37. The van der Waals surface area contributed by atoms with E-state index in [1.807, 2.05) is 49.3 Å². The van der Waals surface area contributed by atoms with Crippen LogP contribution in [-0.2, 0) is 4.79 Å². The average molecular weight is 358 g/mol. The molecule has 0 unspecified atom stereocenters. The predicted molar refractivity (Wildman–Crippen MR) is 97.5 cm³/mol. The molecule has 0 aliphatic rings. The molecule has 0 fully saturated rings. The second-order valence-corrected chi connectivity index (χ2v) is 6.14. The van der Waals surface area contributed by atoms with Crippen LogP contribution >= 0.6 is 11.6 Å². The first-order valence-electron chi connectivity index (χ1n) is 7.81. The predicted octanol–water partition coefficient (Wildman–Crippen LogP) is 3.01. The molecular weight excluding hydrogens is 338 g/mol. The second kappa shape index (κ2) is 9.07. The van der Waals surface area contributed by atoms with E-state index in [0.717, 1.165) is 5.56 Å². The van der Waals surface area contributed by atoms with Crippen LogP contribution in [0.25, 0.3) is 0 Å². The van der Waals surface area contributed by atoms with Gasteiger partial charge in [-0.1, -0.05) is 29.8 Å². The van der Waals surface area contributed by atoms with E-state index >= 15 is 0 Å². The van der Waals surface area contributed by atoms with Crippen LogP contribution in [0.1, 0.15) is 17.2 Å². The zero-order valence-corrected chi connectivity index (χ0v) is 15.0. The van der Waals surface area contributed by atoms with Crippen LogP contribution in [-0.4, -0.2) is 38.1 Å². The number of carbonyl (C=O) groups is 1. The van der Waals surface area contributed by atoms with Crippen molar-refractivity contribution in [3.05, 3.63) is 64.7 Å². The van der Waals surface area contributed by atoms with Gasteiger partial charge in [-0.05, 0) is 50.0 Å². The van der Waals surface area contributed by atoms with Crippen LogP contribution in [0.5, 0.6) is 5.75 Å². The lowest BCUT2D eigenvalue weighted by Gasteiger charge is -2.26. The summed E-state index contributed by atoms with van der Waals surface area (Å²) in [7, 11) is 3.88. The summed E-state index contributed by atoms with van der Waals surface area (Å²) in [5, 5.41) is 12.3. The number of hydrogen-bond acceptors (Lipinski definition) is 4. The molecule has 0 saturated heterocycles. The lowest BCUT2D eigenvalue weighted by molar-refractivity contribution is -0.123. The summed E-state index contributed by atoms with van der Waals surface area (Å²) in [6.45, 7) is 0.334. The summed E-state index contributed by atoms with van der Waals surface area (Å²) >= 11 is 6.26. The Morgan fingerprint density at radius 1 is 1.24 bits per heavy atom. The van der Waals surface area contributed by atoms with Gasteiger partial charge in [0.25, 0.3) is 5.91 Å². The molecule has 2 aromatic rings. The van der Waals surface area contributed by atoms with E-state index in [9.17, 15) is 4.79 Å². The molecule has 6 heteroatoms. The van der Waals surface area contributed by atoms with Gasteiger partial charge in [0.1, 0.15) is 5.75 Å². The topological polar surface area (TPSA) is 65.4 Å². The Morgan fingerprint density at radius 2 is 1.92 bits per heavy atom. The molecule has 1 amide bonds. The van der Waals surface area contributed by atoms with Crippen molar-refractivity contribution >= 4 is 17.5 Å². The molecule has 130 valence electrons. The van der Waals surface area contributed by atoms with Gasteiger partial charge in [-0.3, -0.25) is 4.79 Å². The van der Waals surface area contributed by atoms with Crippen molar-refractivity contribution in [2.24, 2.45) is 0 Å². The van der Waals surface area contributed by atoms with Crippen molar-refractivity contribution in [1.82, 2.24) is 10.2 Å². The van der Waals surface area contributed by atoms with Crippen molar-refractivity contribution in [3.8, 4) is 11.8 Å². The Labute approximate surface area is 152 Å². The number of nitrogens with zero attached hydrogens (tertiary/aromatic N) is 2. The molecule has 0 aromatic heterocycles. The normalized spacial score (nSPS) is 11.6. The zero-order chi connectivity index (χ0) is 18.2. The van der Waals surface area contributed by atoms with Gasteiger partial charge in [-0.25, -0.2) is 0 Å². The summed E-state index contributed by atoms with van der Waals surface area (Å²) in [5.74, 6) is 0.327. The van der Waals surface area contributed by atoms with E-state index in [2.05, 4.69) is 5.32 Å². The number of hydrogen-bond donors (Lipinski definition) is 1. The first-order chi connectivity index (χ1) is 12.0. The number of halogens is 1. The molecule has 25 heavy (non-hydrogen) atoms. The van der Waals surface area contributed by atoms with E-state index in [0.29, 0.717) is 22.9 Å². The number of likely N-dealkylation sites (N-methyl/N-ethyl adjacent to an activating group) is 1. The highest BCUT2D eigenvalue weighted by atomic mass is 35.5. The smallest absolute Gasteiger partial charge is 0.258 e. The fourth-order valence-corrected chi connectivity index (χ4v) is 2.61. The van der Waals surface area contributed by atoms with E-state index in [1.165, 1.54) is 0 Å². The van der Waals surface area contributed by atoms with Crippen LogP contribution in [0.4, 0.5) is 0 Å². The van der Waals surface area contributed by atoms with Gasteiger partial charge in [0.15, 0.2) is 6.61 Å². The third-order valence-electron chi connectivity index (χ3n) is 3.73. The molecule has 0 bridgehead atoms. The van der Waals surface area contributed by atoms with Gasteiger partial charge in [0.2, 0.25) is 0 Å². The fraction of sp³-hybridized carbons (Fsp3) is 0.263. The number of nitrogens with one attached hydrogen (secondary N) is 1. The number of nitriles is 1. The molecule has 0 spiro atoms. The number of rotatable bonds is 7. The molecule has 1 atom stereocenters. The third-order valence-corrected chi connectivity index (χ3v) is 4.08. The highest BCUT2D eigenvalue weighted by Crippen LogP contribution is 2.25. The lowest BCUT2D eigenvalue weighted by atomic mass is 10.1. The van der Waals surface area contributed by atoms with Crippen LogP contribution in [0.2, 0.25) is 5.02 Å². The molecule has 0 radical (unpaired) electrons. The Hall–Kier alpha value is -2.55.